The number of anilines is 1. The number of nitrogens with zero attached hydrogens (tertiary/aromatic N) is 3. The van der Waals surface area contributed by atoms with Crippen molar-refractivity contribution in [2.45, 2.75) is 18.6 Å². The van der Waals surface area contributed by atoms with Crippen LogP contribution < -0.4 is 11.1 Å². The molecule has 1 aliphatic rings. The molecule has 2 amide bonds. The van der Waals surface area contributed by atoms with E-state index in [-0.39, 0.29) is 24.5 Å². The van der Waals surface area contributed by atoms with Gasteiger partial charge >= 0.3 is 6.18 Å². The number of amides is 2. The summed E-state index contributed by atoms with van der Waals surface area (Å²) in [5, 5.41) is 2.32. The summed E-state index contributed by atoms with van der Waals surface area (Å²) in [7, 11) is 0. The van der Waals surface area contributed by atoms with E-state index < -0.39 is 30.6 Å². The maximum atomic E-state index is 12.3. The second-order valence-corrected chi connectivity index (χ2v) is 4.48. The lowest BCUT2D eigenvalue weighted by Gasteiger charge is -2.18. The van der Waals surface area contributed by atoms with Crippen molar-refractivity contribution in [1.29, 1.82) is 0 Å². The lowest BCUT2D eigenvalue weighted by Crippen LogP contribution is -2.44. The van der Waals surface area contributed by atoms with Crippen molar-refractivity contribution in [3.05, 3.63) is 18.1 Å². The minimum atomic E-state index is -4.47. The van der Waals surface area contributed by atoms with E-state index in [1.54, 1.807) is 0 Å². The number of alkyl halides is 3. The molecule has 7 nitrogen and oxygen atoms in total. The lowest BCUT2D eigenvalue weighted by atomic mass is 10.2. The molecule has 0 aliphatic carbocycles. The monoisotopic (exact) mass is 303 g/mol. The van der Waals surface area contributed by atoms with Gasteiger partial charge in [-0.2, -0.15) is 13.2 Å². The van der Waals surface area contributed by atoms with Gasteiger partial charge in [0.2, 0.25) is 5.91 Å². The Balaban J connectivity index is 2.00. The zero-order chi connectivity index (χ0) is 15.6. The molecule has 0 saturated carbocycles. The largest absolute Gasteiger partial charge is 0.406 e. The van der Waals surface area contributed by atoms with Gasteiger partial charge in [0.05, 0.1) is 0 Å². The fourth-order valence-electron chi connectivity index (χ4n) is 2.00. The molecule has 2 rings (SSSR count). The fraction of sp³-hybridized carbons (Fsp3) is 0.455. The average molecular weight is 303 g/mol. The van der Waals surface area contributed by atoms with Crippen molar-refractivity contribution in [3.8, 4) is 0 Å². The van der Waals surface area contributed by atoms with Gasteiger partial charge < -0.3 is 16.0 Å². The van der Waals surface area contributed by atoms with Crippen molar-refractivity contribution in [3.63, 3.8) is 0 Å². The Bertz CT molecular complexity index is 563. The summed E-state index contributed by atoms with van der Waals surface area (Å²) >= 11 is 0. The number of hydrogen-bond donors (Lipinski definition) is 2. The predicted molar refractivity (Wildman–Crippen MR) is 65.0 cm³/mol. The zero-order valence-corrected chi connectivity index (χ0v) is 10.7. The first-order valence-electron chi connectivity index (χ1n) is 6.01. The number of halogens is 3. The molecular formula is C11H12F3N5O2. The van der Waals surface area contributed by atoms with Crippen molar-refractivity contribution in [2.75, 3.05) is 18.8 Å². The molecule has 0 aromatic carbocycles. The molecule has 1 atom stereocenters. The van der Waals surface area contributed by atoms with Gasteiger partial charge in [-0.1, -0.05) is 0 Å². The number of aromatic nitrogens is 2. The maximum Gasteiger partial charge on any atom is 0.406 e. The summed E-state index contributed by atoms with van der Waals surface area (Å²) in [6.45, 7) is -1.40. The standard InChI is InChI=1S/C11H12F3N5O2/c12-11(13,14)5-19-4-1-6(10(19)21)18-9(20)7-8(15)17-3-2-16-7/h2-3,6H,1,4-5H2,(H2,15,17)(H,18,20). The summed E-state index contributed by atoms with van der Waals surface area (Å²) in [5.41, 5.74) is 5.30. The molecule has 1 aromatic heterocycles. The van der Waals surface area contributed by atoms with Crippen molar-refractivity contribution in [2.24, 2.45) is 0 Å². The highest BCUT2D eigenvalue weighted by Crippen LogP contribution is 2.21. The molecule has 0 spiro atoms. The third-order valence-corrected chi connectivity index (χ3v) is 2.91. The molecule has 114 valence electrons. The smallest absolute Gasteiger partial charge is 0.382 e. The number of likely N-dealkylation sites (tertiary alicyclic amines) is 1. The summed E-state index contributed by atoms with van der Waals surface area (Å²) in [4.78, 5) is 31.7. The van der Waals surface area contributed by atoms with Crippen molar-refractivity contribution in [1.82, 2.24) is 20.2 Å². The van der Waals surface area contributed by atoms with Crippen LogP contribution in [-0.2, 0) is 4.79 Å². The Morgan fingerprint density at radius 1 is 1.43 bits per heavy atom. The quantitative estimate of drug-likeness (QED) is 0.815. The van der Waals surface area contributed by atoms with Crippen LogP contribution in [0.15, 0.2) is 12.4 Å². The molecule has 0 radical (unpaired) electrons. The van der Waals surface area contributed by atoms with Crippen LogP contribution in [0, 0.1) is 0 Å². The van der Waals surface area contributed by atoms with Crippen molar-refractivity contribution >= 4 is 17.6 Å². The maximum absolute atomic E-state index is 12.3. The highest BCUT2D eigenvalue weighted by atomic mass is 19.4. The van der Waals surface area contributed by atoms with Gasteiger partial charge in [0.1, 0.15) is 12.6 Å². The highest BCUT2D eigenvalue weighted by Gasteiger charge is 2.40. The topological polar surface area (TPSA) is 101 Å². The normalized spacial score (nSPS) is 18.9. The van der Waals surface area contributed by atoms with E-state index in [1.165, 1.54) is 12.4 Å². The minimum absolute atomic E-state index is 0.0702. The Morgan fingerprint density at radius 3 is 2.71 bits per heavy atom. The van der Waals surface area contributed by atoms with Crippen LogP contribution in [0.2, 0.25) is 0 Å². The number of nitrogens with two attached hydrogens (primary N) is 1. The van der Waals surface area contributed by atoms with Crippen LogP contribution in [0.5, 0.6) is 0 Å². The Kier molecular flexibility index (Phi) is 3.96. The number of nitrogen functional groups attached to an aromatic ring is 1. The van der Waals surface area contributed by atoms with Gasteiger partial charge in [-0.3, -0.25) is 9.59 Å². The number of carbonyl (C=O) groups excluding carboxylic acids is 2. The summed E-state index contributed by atoms with van der Waals surface area (Å²) in [6.07, 6.45) is -1.83. The zero-order valence-electron chi connectivity index (χ0n) is 10.7. The van der Waals surface area contributed by atoms with Crippen LogP contribution in [-0.4, -0.2) is 52.0 Å². The molecule has 0 bridgehead atoms. The number of rotatable bonds is 3. The first kappa shape index (κ1) is 15.0. The molecule has 1 aromatic rings. The average Bonchev–Trinajstić information content (AvgIpc) is 2.70. The van der Waals surface area contributed by atoms with Gasteiger partial charge in [0.25, 0.3) is 5.91 Å². The highest BCUT2D eigenvalue weighted by molar-refractivity contribution is 5.99. The number of hydrogen-bond acceptors (Lipinski definition) is 5. The molecule has 1 fully saturated rings. The van der Waals surface area contributed by atoms with E-state index in [9.17, 15) is 22.8 Å². The summed E-state index contributed by atoms with van der Waals surface area (Å²) in [6, 6.07) is -1.01. The molecule has 1 aliphatic heterocycles. The lowest BCUT2D eigenvalue weighted by molar-refractivity contribution is -0.157. The van der Waals surface area contributed by atoms with Crippen LogP contribution >= 0.6 is 0 Å². The molecule has 1 unspecified atom stereocenters. The van der Waals surface area contributed by atoms with Gasteiger partial charge in [-0.15, -0.1) is 0 Å². The molecule has 21 heavy (non-hydrogen) atoms. The van der Waals surface area contributed by atoms with E-state index in [0.717, 1.165) is 0 Å². The third kappa shape index (κ3) is 3.58. The first-order valence-corrected chi connectivity index (χ1v) is 6.01. The first-order chi connectivity index (χ1) is 9.78. The van der Waals surface area contributed by atoms with E-state index in [4.69, 9.17) is 5.73 Å². The fourth-order valence-corrected chi connectivity index (χ4v) is 2.00. The van der Waals surface area contributed by atoms with Crippen molar-refractivity contribution < 1.29 is 22.8 Å². The van der Waals surface area contributed by atoms with Crippen LogP contribution in [0.1, 0.15) is 16.9 Å². The predicted octanol–water partition coefficient (Wildman–Crippen LogP) is -0.0482. The van der Waals surface area contributed by atoms with E-state index in [2.05, 4.69) is 15.3 Å². The minimum Gasteiger partial charge on any atom is -0.382 e. The van der Waals surface area contributed by atoms with E-state index in [1.807, 2.05) is 0 Å². The molecule has 2 heterocycles. The molecule has 10 heteroatoms. The number of nitrogens with one attached hydrogen (secondary N) is 1. The second-order valence-electron chi connectivity index (χ2n) is 4.48. The van der Waals surface area contributed by atoms with Gasteiger partial charge in [0.15, 0.2) is 11.5 Å². The van der Waals surface area contributed by atoms with Crippen LogP contribution in [0.25, 0.3) is 0 Å². The Hall–Kier alpha value is -2.39. The summed E-state index contributed by atoms with van der Waals surface area (Å²) < 4.78 is 36.8. The third-order valence-electron chi connectivity index (χ3n) is 2.91. The molecule has 1 saturated heterocycles. The van der Waals surface area contributed by atoms with Gasteiger partial charge in [0, 0.05) is 18.9 Å². The van der Waals surface area contributed by atoms with Crippen LogP contribution in [0.3, 0.4) is 0 Å². The van der Waals surface area contributed by atoms with E-state index >= 15 is 0 Å². The van der Waals surface area contributed by atoms with Crippen LogP contribution in [0.4, 0.5) is 19.0 Å². The molecular weight excluding hydrogens is 291 g/mol. The number of carbonyl (C=O) groups is 2. The summed E-state index contributed by atoms with van der Waals surface area (Å²) in [5.74, 6) is -1.64. The SMILES string of the molecule is Nc1nccnc1C(=O)NC1CCN(CC(F)(F)F)C1=O. The Morgan fingerprint density at radius 2 is 2.10 bits per heavy atom. The molecule has 3 N–H and O–H groups in total. The van der Waals surface area contributed by atoms with E-state index in [0.29, 0.717) is 4.90 Å². The van der Waals surface area contributed by atoms with Gasteiger partial charge in [-0.05, 0) is 6.42 Å². The Labute approximate surface area is 117 Å². The van der Waals surface area contributed by atoms with Gasteiger partial charge in [-0.25, -0.2) is 9.97 Å². The second kappa shape index (κ2) is 5.54.